The Balaban J connectivity index is 1.84. The second kappa shape index (κ2) is 8.15. The average molecular weight is 392 g/mol. The van der Waals surface area contributed by atoms with Crippen molar-refractivity contribution in [1.29, 1.82) is 0 Å². The normalized spacial score (nSPS) is 18.3. The Morgan fingerprint density at radius 2 is 1.76 bits per heavy atom. The van der Waals surface area contributed by atoms with Crippen molar-refractivity contribution >= 4 is 17.6 Å². The summed E-state index contributed by atoms with van der Waals surface area (Å²) in [6, 6.07) is 16.6. The van der Waals surface area contributed by atoms with Crippen LogP contribution in [0.5, 0.6) is 5.75 Å². The molecule has 6 heteroatoms. The van der Waals surface area contributed by atoms with Crippen LogP contribution in [0.4, 0.5) is 5.69 Å². The molecule has 29 heavy (non-hydrogen) atoms. The van der Waals surface area contributed by atoms with E-state index in [1.165, 1.54) is 6.42 Å². The molecule has 0 saturated heterocycles. The van der Waals surface area contributed by atoms with Crippen LogP contribution in [0.15, 0.2) is 58.5 Å². The van der Waals surface area contributed by atoms with Gasteiger partial charge in [0.05, 0.1) is 12.3 Å². The van der Waals surface area contributed by atoms with Gasteiger partial charge in [-0.05, 0) is 55.4 Å². The zero-order valence-electron chi connectivity index (χ0n) is 17.0. The van der Waals surface area contributed by atoms with Gasteiger partial charge in [0.15, 0.2) is 0 Å². The second-order valence-corrected chi connectivity index (χ2v) is 7.72. The molecule has 4 N–H and O–H groups in total. The van der Waals surface area contributed by atoms with Crippen LogP contribution in [0.25, 0.3) is 11.1 Å². The molecule has 0 aromatic heterocycles. The molecule has 4 rings (SSSR count). The fourth-order valence-corrected chi connectivity index (χ4v) is 4.31. The molecule has 2 aromatic carbocycles. The summed E-state index contributed by atoms with van der Waals surface area (Å²) >= 11 is 0. The quantitative estimate of drug-likeness (QED) is 0.797. The van der Waals surface area contributed by atoms with Crippen LogP contribution in [0.3, 0.4) is 0 Å². The highest BCUT2D eigenvalue weighted by atomic mass is 16.5. The molecule has 2 aliphatic rings. The topological polar surface area (TPSA) is 89.2 Å². The monoisotopic (exact) mass is 391 g/mol. The van der Waals surface area contributed by atoms with Gasteiger partial charge >= 0.3 is 0 Å². The Labute approximate surface area is 172 Å². The number of hydrogen-bond acceptors (Lipinski definition) is 6. The van der Waals surface area contributed by atoms with Crippen LogP contribution in [0.2, 0.25) is 0 Å². The van der Waals surface area contributed by atoms with Crippen LogP contribution in [0.1, 0.15) is 45.4 Å². The first-order valence-electron chi connectivity index (χ1n) is 10.4. The number of guanidine groups is 2. The summed E-state index contributed by atoms with van der Waals surface area (Å²) in [5.74, 6) is 1.44. The second-order valence-electron chi connectivity index (χ2n) is 7.72. The van der Waals surface area contributed by atoms with E-state index in [-0.39, 0.29) is 5.96 Å². The Kier molecular flexibility index (Phi) is 5.43. The van der Waals surface area contributed by atoms with Gasteiger partial charge in [-0.25, -0.2) is 4.99 Å². The van der Waals surface area contributed by atoms with Gasteiger partial charge in [-0.3, -0.25) is 4.90 Å². The Morgan fingerprint density at radius 3 is 2.48 bits per heavy atom. The molecule has 0 bridgehead atoms. The lowest BCUT2D eigenvalue weighted by atomic mass is 9.87. The molecule has 0 amide bonds. The first-order chi connectivity index (χ1) is 14.1. The number of benzene rings is 2. The zero-order valence-corrected chi connectivity index (χ0v) is 17.0. The lowest BCUT2D eigenvalue weighted by Gasteiger charge is -2.46. The highest BCUT2D eigenvalue weighted by Gasteiger charge is 2.43. The molecule has 1 aliphatic carbocycles. The first-order valence-corrected chi connectivity index (χ1v) is 10.4. The van der Waals surface area contributed by atoms with E-state index < -0.39 is 5.66 Å². The molecule has 152 valence electrons. The van der Waals surface area contributed by atoms with E-state index in [4.69, 9.17) is 21.2 Å². The molecule has 1 aliphatic heterocycles. The fraction of sp³-hybridized carbons (Fsp3) is 0.391. The molecule has 6 nitrogen and oxygen atoms in total. The van der Waals surface area contributed by atoms with Gasteiger partial charge in [0, 0.05) is 0 Å². The molecule has 1 fully saturated rings. The predicted molar refractivity (Wildman–Crippen MR) is 119 cm³/mol. The minimum absolute atomic E-state index is 0.260. The van der Waals surface area contributed by atoms with E-state index >= 15 is 0 Å². The minimum atomic E-state index is -0.492. The maximum atomic E-state index is 6.45. The Morgan fingerprint density at radius 1 is 1.00 bits per heavy atom. The average Bonchev–Trinajstić information content (AvgIpc) is 2.73. The number of anilines is 1. The molecule has 0 unspecified atom stereocenters. The van der Waals surface area contributed by atoms with Gasteiger partial charge in [-0.2, -0.15) is 4.99 Å². The summed E-state index contributed by atoms with van der Waals surface area (Å²) in [6.07, 6.45) is 6.10. The number of nitrogens with zero attached hydrogens (tertiary/aromatic N) is 3. The van der Waals surface area contributed by atoms with Gasteiger partial charge in [0.2, 0.25) is 11.9 Å². The van der Waals surface area contributed by atoms with Gasteiger partial charge in [0.25, 0.3) is 0 Å². The van der Waals surface area contributed by atoms with Crippen molar-refractivity contribution in [2.75, 3.05) is 11.5 Å². The zero-order chi connectivity index (χ0) is 20.3. The van der Waals surface area contributed by atoms with Gasteiger partial charge < -0.3 is 16.2 Å². The molecular weight excluding hydrogens is 362 g/mol. The summed E-state index contributed by atoms with van der Waals surface area (Å²) in [7, 11) is 0. The van der Waals surface area contributed by atoms with E-state index in [9.17, 15) is 0 Å². The van der Waals surface area contributed by atoms with Crippen molar-refractivity contribution in [1.82, 2.24) is 0 Å². The third-order valence-electron chi connectivity index (χ3n) is 5.62. The third-order valence-corrected chi connectivity index (χ3v) is 5.62. The fourth-order valence-electron chi connectivity index (χ4n) is 4.31. The summed E-state index contributed by atoms with van der Waals surface area (Å²) < 4.78 is 6.11. The van der Waals surface area contributed by atoms with E-state index in [0.717, 1.165) is 54.7 Å². The minimum Gasteiger partial charge on any atom is -0.491 e. The number of ether oxygens (including phenoxy) is 1. The van der Waals surface area contributed by atoms with E-state index in [0.29, 0.717) is 12.6 Å². The van der Waals surface area contributed by atoms with Gasteiger partial charge in [-0.1, -0.05) is 49.7 Å². The van der Waals surface area contributed by atoms with Crippen molar-refractivity contribution in [2.45, 2.75) is 51.1 Å². The lowest BCUT2D eigenvalue weighted by molar-refractivity contribution is 0.294. The van der Waals surface area contributed by atoms with Crippen molar-refractivity contribution < 1.29 is 4.74 Å². The largest absolute Gasteiger partial charge is 0.491 e. The highest BCUT2D eigenvalue weighted by molar-refractivity contribution is 6.06. The van der Waals surface area contributed by atoms with Gasteiger partial charge in [0.1, 0.15) is 11.4 Å². The van der Waals surface area contributed by atoms with Crippen LogP contribution >= 0.6 is 0 Å². The standard InChI is InChI=1S/C23H29N5O/c1-2-15-29-20-12-11-18(17-9-5-3-6-10-17)16-19(20)28-22(25)26-21(24)27-23(28)13-7-4-8-14-23/h3,5-6,9-12,16H,2,4,7-8,13-15H2,1H3,(H4,24,25,26,27). The first kappa shape index (κ1) is 19.3. The molecular formula is C23H29N5O. The number of aliphatic imine (C=N–C) groups is 2. The van der Waals surface area contributed by atoms with Crippen molar-refractivity contribution in [2.24, 2.45) is 21.5 Å². The SMILES string of the molecule is CCCOc1ccc(-c2ccccc2)cc1N1C(N)=NC(N)=NC12CCCCC2. The summed E-state index contributed by atoms with van der Waals surface area (Å²) in [6.45, 7) is 2.74. The van der Waals surface area contributed by atoms with Crippen molar-refractivity contribution in [3.63, 3.8) is 0 Å². The number of hydrogen-bond donors (Lipinski definition) is 2. The lowest BCUT2D eigenvalue weighted by Crippen LogP contribution is -2.58. The molecule has 0 radical (unpaired) electrons. The summed E-state index contributed by atoms with van der Waals surface area (Å²) in [5.41, 5.74) is 15.1. The maximum Gasteiger partial charge on any atom is 0.220 e. The maximum absolute atomic E-state index is 6.45. The van der Waals surface area contributed by atoms with Crippen molar-refractivity contribution in [3.8, 4) is 16.9 Å². The summed E-state index contributed by atoms with van der Waals surface area (Å²) in [4.78, 5) is 11.2. The molecule has 2 aromatic rings. The Hall–Kier alpha value is -3.02. The predicted octanol–water partition coefficient (Wildman–Crippen LogP) is 4.25. The van der Waals surface area contributed by atoms with Crippen LogP contribution in [-0.4, -0.2) is 24.2 Å². The van der Waals surface area contributed by atoms with Crippen LogP contribution in [0, 0.1) is 0 Å². The Bertz CT molecular complexity index is 916. The molecule has 1 heterocycles. The van der Waals surface area contributed by atoms with E-state index in [1.54, 1.807) is 0 Å². The smallest absolute Gasteiger partial charge is 0.220 e. The highest BCUT2D eigenvalue weighted by Crippen LogP contribution is 2.44. The number of nitrogens with two attached hydrogens (primary N) is 2. The van der Waals surface area contributed by atoms with Crippen molar-refractivity contribution in [3.05, 3.63) is 48.5 Å². The van der Waals surface area contributed by atoms with E-state index in [2.05, 4.69) is 41.1 Å². The molecule has 0 atom stereocenters. The summed E-state index contributed by atoms with van der Waals surface area (Å²) in [5, 5.41) is 0. The van der Waals surface area contributed by atoms with Crippen LogP contribution < -0.4 is 21.1 Å². The molecule has 1 spiro atoms. The molecule has 1 saturated carbocycles. The number of rotatable bonds is 5. The van der Waals surface area contributed by atoms with E-state index in [1.807, 2.05) is 24.3 Å². The van der Waals surface area contributed by atoms with Crippen LogP contribution in [-0.2, 0) is 0 Å². The van der Waals surface area contributed by atoms with Gasteiger partial charge in [-0.15, -0.1) is 0 Å². The third kappa shape index (κ3) is 3.79.